The molecular formula is C36H44ClN. The van der Waals surface area contributed by atoms with Crippen LogP contribution in [-0.4, -0.2) is 6.54 Å². The molecule has 0 saturated carbocycles. The van der Waals surface area contributed by atoms with Gasteiger partial charge >= 0.3 is 0 Å². The molecule has 200 valence electrons. The first-order valence-electron chi connectivity index (χ1n) is 14.0. The molecule has 1 nitrogen and oxygen atoms in total. The van der Waals surface area contributed by atoms with Crippen molar-refractivity contribution >= 4 is 17.3 Å². The molecule has 0 amide bonds. The number of nitrogens with zero attached hydrogens (tertiary/aromatic N) is 1. The number of halogens is 1. The molecule has 2 heteroatoms. The van der Waals surface area contributed by atoms with Gasteiger partial charge in [-0.15, -0.1) is 0 Å². The van der Waals surface area contributed by atoms with Gasteiger partial charge in [0, 0.05) is 33.8 Å². The first-order valence-corrected chi connectivity index (χ1v) is 14.4. The number of rotatable bonds is 6. The highest BCUT2D eigenvalue weighted by atomic mass is 35.5. The van der Waals surface area contributed by atoms with Gasteiger partial charge in [-0.3, -0.25) is 0 Å². The van der Waals surface area contributed by atoms with Crippen molar-refractivity contribution in [3.05, 3.63) is 123 Å². The second-order valence-electron chi connectivity index (χ2n) is 12.1. The first kappa shape index (κ1) is 28.2. The van der Waals surface area contributed by atoms with Gasteiger partial charge in [0.05, 0.1) is 0 Å². The molecule has 0 radical (unpaired) electrons. The summed E-state index contributed by atoms with van der Waals surface area (Å²) >= 11 is 7.03. The highest BCUT2D eigenvalue weighted by Gasteiger charge is 2.39. The molecule has 2 aromatic carbocycles. The van der Waals surface area contributed by atoms with Crippen LogP contribution in [0.25, 0.3) is 0 Å². The summed E-state index contributed by atoms with van der Waals surface area (Å²) in [7, 11) is 0. The normalized spacial score (nSPS) is 19.7. The molecule has 0 saturated heterocycles. The van der Waals surface area contributed by atoms with E-state index in [-0.39, 0.29) is 10.8 Å². The van der Waals surface area contributed by atoms with Crippen molar-refractivity contribution in [2.45, 2.75) is 85.5 Å². The third-order valence-electron chi connectivity index (χ3n) is 8.62. The van der Waals surface area contributed by atoms with Gasteiger partial charge in [0.2, 0.25) is 0 Å². The van der Waals surface area contributed by atoms with E-state index in [1.54, 1.807) is 0 Å². The summed E-state index contributed by atoms with van der Waals surface area (Å²) in [6.07, 6.45) is 12.1. The number of allylic oxidation sites excluding steroid dienone is 9. The van der Waals surface area contributed by atoms with Gasteiger partial charge in [0.25, 0.3) is 0 Å². The molecule has 1 aliphatic heterocycles. The SMILES string of the molecule is C=C(/C=C/C1=C(Cl)C(=C/C=C2\N(CC)c3ccc(C)cc3C2(C)C)/CCC1)C(C)(C)c1cc(C)ccc1C. The summed E-state index contributed by atoms with van der Waals surface area (Å²) in [5.41, 5.74) is 12.6. The number of anilines is 1. The van der Waals surface area contributed by atoms with E-state index >= 15 is 0 Å². The van der Waals surface area contributed by atoms with E-state index in [0.717, 1.165) is 36.4 Å². The van der Waals surface area contributed by atoms with Crippen LogP contribution < -0.4 is 4.90 Å². The van der Waals surface area contributed by atoms with Gasteiger partial charge in [0.1, 0.15) is 0 Å². The van der Waals surface area contributed by atoms with E-state index < -0.39 is 0 Å². The average molecular weight is 526 g/mol. The zero-order valence-corrected chi connectivity index (χ0v) is 25.4. The maximum atomic E-state index is 7.03. The van der Waals surface area contributed by atoms with Gasteiger partial charge in [-0.2, -0.15) is 0 Å². The van der Waals surface area contributed by atoms with Crippen LogP contribution in [0.2, 0.25) is 0 Å². The lowest BCUT2D eigenvalue weighted by molar-refractivity contribution is 0.633. The summed E-state index contributed by atoms with van der Waals surface area (Å²) in [6, 6.07) is 13.5. The first-order chi connectivity index (χ1) is 17.9. The van der Waals surface area contributed by atoms with Gasteiger partial charge in [-0.25, -0.2) is 0 Å². The fraction of sp³-hybridized carbons (Fsp3) is 0.389. The Labute approximate surface area is 236 Å². The Bertz CT molecular complexity index is 1380. The van der Waals surface area contributed by atoms with E-state index in [0.29, 0.717) is 0 Å². The van der Waals surface area contributed by atoms with Gasteiger partial charge < -0.3 is 4.90 Å². The van der Waals surface area contributed by atoms with Crippen LogP contribution >= 0.6 is 11.6 Å². The highest BCUT2D eigenvalue weighted by molar-refractivity contribution is 6.32. The lowest BCUT2D eigenvalue weighted by atomic mass is 9.75. The molecule has 0 aromatic heterocycles. The molecule has 4 rings (SSSR count). The average Bonchev–Trinajstić information content (AvgIpc) is 3.08. The minimum absolute atomic E-state index is 0.0424. The highest BCUT2D eigenvalue weighted by Crippen LogP contribution is 2.48. The van der Waals surface area contributed by atoms with Crippen LogP contribution in [0.1, 0.15) is 81.7 Å². The molecule has 0 bridgehead atoms. The van der Waals surface area contributed by atoms with Crippen molar-refractivity contribution in [2.75, 3.05) is 11.4 Å². The van der Waals surface area contributed by atoms with Gasteiger partial charge in [-0.1, -0.05) is 106 Å². The summed E-state index contributed by atoms with van der Waals surface area (Å²) in [5.74, 6) is 0. The standard InChI is InChI=1S/C36H44ClN/c1-10-38-32-20-15-25(3)23-31(32)36(8,9)33(38)21-19-29-13-11-12-28(34(29)37)18-17-27(5)35(6,7)30-22-24(2)14-16-26(30)4/h14-23H,5,10-13H2,1-4,6-9H3/b18-17+,29-19+,33-21-. The molecule has 0 fully saturated rings. The molecule has 2 aromatic rings. The Kier molecular flexibility index (Phi) is 8.01. The van der Waals surface area contributed by atoms with Crippen LogP contribution in [-0.2, 0) is 10.8 Å². The lowest BCUT2D eigenvalue weighted by Crippen LogP contribution is -2.25. The molecule has 38 heavy (non-hydrogen) atoms. The number of likely N-dealkylation sites (N-methyl/N-ethyl adjacent to an activating group) is 1. The molecular weight excluding hydrogens is 482 g/mol. The molecule has 1 aliphatic carbocycles. The quantitative estimate of drug-likeness (QED) is 0.339. The number of fused-ring (bicyclic) bond motifs is 1. The summed E-state index contributed by atoms with van der Waals surface area (Å²) in [5, 5.41) is 0.897. The topological polar surface area (TPSA) is 3.24 Å². The number of hydrogen-bond acceptors (Lipinski definition) is 1. The second-order valence-corrected chi connectivity index (χ2v) is 12.5. The molecule has 1 heterocycles. The van der Waals surface area contributed by atoms with Crippen LogP contribution in [0.5, 0.6) is 0 Å². The Balaban J connectivity index is 1.62. The van der Waals surface area contributed by atoms with Crippen LogP contribution in [0.15, 0.2) is 94.7 Å². The summed E-state index contributed by atoms with van der Waals surface area (Å²) < 4.78 is 0. The Morgan fingerprint density at radius 3 is 2.42 bits per heavy atom. The van der Waals surface area contributed by atoms with Crippen molar-refractivity contribution in [1.82, 2.24) is 0 Å². The van der Waals surface area contributed by atoms with Crippen molar-refractivity contribution in [3.8, 4) is 0 Å². The van der Waals surface area contributed by atoms with Crippen molar-refractivity contribution in [2.24, 2.45) is 0 Å². The molecule has 0 atom stereocenters. The maximum Gasteiger partial charge on any atom is 0.0469 e. The Morgan fingerprint density at radius 2 is 1.71 bits per heavy atom. The number of hydrogen-bond donors (Lipinski definition) is 0. The fourth-order valence-corrected chi connectivity index (χ4v) is 6.32. The van der Waals surface area contributed by atoms with Crippen molar-refractivity contribution in [1.29, 1.82) is 0 Å². The minimum Gasteiger partial charge on any atom is -0.344 e. The fourth-order valence-electron chi connectivity index (χ4n) is 6.01. The predicted octanol–water partition coefficient (Wildman–Crippen LogP) is 10.3. The molecule has 0 unspecified atom stereocenters. The molecule has 0 spiro atoms. The zero-order chi connectivity index (χ0) is 27.8. The number of benzene rings is 2. The largest absolute Gasteiger partial charge is 0.344 e. The summed E-state index contributed by atoms with van der Waals surface area (Å²) in [4.78, 5) is 2.45. The van der Waals surface area contributed by atoms with Gasteiger partial charge in [0.15, 0.2) is 0 Å². The van der Waals surface area contributed by atoms with E-state index in [4.69, 9.17) is 11.6 Å². The maximum absolute atomic E-state index is 7.03. The van der Waals surface area contributed by atoms with Crippen molar-refractivity contribution < 1.29 is 0 Å². The van der Waals surface area contributed by atoms with Crippen LogP contribution in [0, 0.1) is 20.8 Å². The van der Waals surface area contributed by atoms with Crippen LogP contribution in [0.3, 0.4) is 0 Å². The summed E-state index contributed by atoms with van der Waals surface area (Å²) in [6.45, 7) is 23.4. The second kappa shape index (κ2) is 10.8. The lowest BCUT2D eigenvalue weighted by Gasteiger charge is -2.29. The zero-order valence-electron chi connectivity index (χ0n) is 24.6. The molecule has 0 N–H and O–H groups in total. The monoisotopic (exact) mass is 525 g/mol. The third-order valence-corrected chi connectivity index (χ3v) is 9.10. The molecule has 2 aliphatic rings. The smallest absolute Gasteiger partial charge is 0.0469 e. The third kappa shape index (κ3) is 5.23. The predicted molar refractivity (Wildman–Crippen MR) is 167 cm³/mol. The van der Waals surface area contributed by atoms with E-state index in [9.17, 15) is 0 Å². The van der Waals surface area contributed by atoms with Gasteiger partial charge in [-0.05, 0) is 92.5 Å². The van der Waals surface area contributed by atoms with E-state index in [1.165, 1.54) is 50.3 Å². The Hall–Kier alpha value is -2.77. The minimum atomic E-state index is -0.150. The van der Waals surface area contributed by atoms with Crippen LogP contribution in [0.4, 0.5) is 5.69 Å². The van der Waals surface area contributed by atoms with E-state index in [1.807, 2.05) is 0 Å². The Morgan fingerprint density at radius 1 is 1.03 bits per heavy atom. The number of aryl methyl sites for hydroxylation is 3. The van der Waals surface area contributed by atoms with Crippen molar-refractivity contribution in [3.63, 3.8) is 0 Å². The van der Waals surface area contributed by atoms with E-state index in [2.05, 4.69) is 128 Å².